The number of aromatic amines is 2. The maximum Gasteiger partial charge on any atom is 0.247 e. The summed E-state index contributed by atoms with van der Waals surface area (Å²) in [6.07, 6.45) is 12.1. The highest BCUT2D eigenvalue weighted by atomic mass is 32.2. The molecule has 0 saturated carbocycles. The highest BCUT2D eigenvalue weighted by Crippen LogP contribution is 2.37. The summed E-state index contributed by atoms with van der Waals surface area (Å²) >= 11 is 0. The van der Waals surface area contributed by atoms with Gasteiger partial charge in [-0.25, -0.2) is 49.2 Å². The predicted octanol–water partition coefficient (Wildman–Crippen LogP) is 2.95. The molecule has 0 fully saturated rings. The summed E-state index contributed by atoms with van der Waals surface area (Å²) in [7, 11) is -3.62. The zero-order chi connectivity index (χ0) is 33.6. The monoisotopic (exact) mass is 677 g/mol. The van der Waals surface area contributed by atoms with Crippen molar-refractivity contribution in [3.8, 4) is 0 Å². The van der Waals surface area contributed by atoms with Crippen LogP contribution in [-0.2, 0) is 22.9 Å². The molecule has 18 heteroatoms. The number of imidazole rings is 2. The summed E-state index contributed by atoms with van der Waals surface area (Å²) in [5.41, 5.74) is 12.2. The molecule has 0 aliphatic rings. The van der Waals surface area contributed by atoms with E-state index in [1.807, 2.05) is 36.4 Å². The summed E-state index contributed by atoms with van der Waals surface area (Å²) in [5.74, 6) is 0.554. The second kappa shape index (κ2) is 13.9. The standard InChI is InChI=1S/C31H31N15O2S/c1-49(47,48)44-23-8-9-26(45(40-14-10-21-6-2-4-12-32-21)30-34-17-24-28(42-30)38-19-36-24)27(16-23)46(41-15-11-22-7-3-5-13-33-22)31-35-18-25-29(43-31)39-20-37-25/h2-9,12-13,16-20,40-41,44H,10-11,14-15H2,1H3,(H,34,36,38,42)(H,35,37,39,43). The van der Waals surface area contributed by atoms with Gasteiger partial charge < -0.3 is 9.97 Å². The molecule has 0 saturated heterocycles. The van der Waals surface area contributed by atoms with E-state index in [0.717, 1.165) is 17.6 Å². The van der Waals surface area contributed by atoms with Crippen LogP contribution >= 0.6 is 0 Å². The van der Waals surface area contributed by atoms with Gasteiger partial charge in [0.25, 0.3) is 0 Å². The van der Waals surface area contributed by atoms with Crippen LogP contribution in [0.5, 0.6) is 0 Å². The fraction of sp³-hybridized carbons (Fsp3) is 0.161. The van der Waals surface area contributed by atoms with Crippen LogP contribution in [0.3, 0.4) is 0 Å². The number of fused-ring (bicyclic) bond motifs is 2. The van der Waals surface area contributed by atoms with Crippen molar-refractivity contribution in [2.75, 3.05) is 34.1 Å². The number of aromatic nitrogens is 10. The van der Waals surface area contributed by atoms with E-state index in [1.165, 1.54) is 0 Å². The normalized spacial score (nSPS) is 11.6. The highest BCUT2D eigenvalue weighted by Gasteiger charge is 2.25. The molecule has 6 heterocycles. The van der Waals surface area contributed by atoms with Crippen LogP contribution in [0.4, 0.5) is 29.0 Å². The minimum absolute atomic E-state index is 0.260. The van der Waals surface area contributed by atoms with Gasteiger partial charge in [0.05, 0.1) is 48.4 Å². The molecule has 7 rings (SSSR count). The number of rotatable bonds is 14. The lowest BCUT2D eigenvalue weighted by atomic mass is 10.2. The maximum atomic E-state index is 12.4. The molecular weight excluding hydrogens is 647 g/mol. The smallest absolute Gasteiger partial charge is 0.247 e. The van der Waals surface area contributed by atoms with Gasteiger partial charge in [-0.3, -0.25) is 14.7 Å². The number of benzene rings is 1. The molecule has 1 aromatic carbocycles. The van der Waals surface area contributed by atoms with E-state index in [4.69, 9.17) is 9.97 Å². The summed E-state index contributed by atoms with van der Waals surface area (Å²) in [5, 5.41) is 3.40. The summed E-state index contributed by atoms with van der Waals surface area (Å²) in [6, 6.07) is 16.6. The van der Waals surface area contributed by atoms with E-state index < -0.39 is 10.0 Å². The van der Waals surface area contributed by atoms with Crippen molar-refractivity contribution in [3.63, 3.8) is 0 Å². The van der Waals surface area contributed by atoms with E-state index in [1.54, 1.807) is 65.7 Å². The Morgan fingerprint density at radius 2 is 1.22 bits per heavy atom. The molecule has 6 aromatic heterocycles. The first-order valence-corrected chi connectivity index (χ1v) is 17.1. The van der Waals surface area contributed by atoms with Gasteiger partial charge in [0, 0.05) is 49.7 Å². The number of sulfonamides is 1. The first-order valence-electron chi connectivity index (χ1n) is 15.2. The Morgan fingerprint density at radius 3 is 1.73 bits per heavy atom. The summed E-state index contributed by atoms with van der Waals surface area (Å²) in [6.45, 7) is 0.871. The fourth-order valence-corrected chi connectivity index (χ4v) is 5.60. The first kappa shape index (κ1) is 31.5. The molecule has 0 spiro atoms. The van der Waals surface area contributed by atoms with E-state index in [9.17, 15) is 8.42 Å². The number of nitrogens with one attached hydrogen (secondary N) is 5. The van der Waals surface area contributed by atoms with Crippen LogP contribution in [0.2, 0.25) is 0 Å². The van der Waals surface area contributed by atoms with Crippen molar-refractivity contribution < 1.29 is 8.42 Å². The zero-order valence-corrected chi connectivity index (χ0v) is 27.0. The number of nitrogens with zero attached hydrogens (tertiary/aromatic N) is 10. The maximum absolute atomic E-state index is 12.4. The van der Waals surface area contributed by atoms with Crippen molar-refractivity contribution in [2.24, 2.45) is 0 Å². The molecule has 7 aromatic rings. The van der Waals surface area contributed by atoms with E-state index in [-0.39, 0.29) is 5.95 Å². The van der Waals surface area contributed by atoms with Crippen molar-refractivity contribution >= 4 is 61.3 Å². The molecule has 49 heavy (non-hydrogen) atoms. The Kier molecular flexibility index (Phi) is 8.96. The lowest BCUT2D eigenvalue weighted by Crippen LogP contribution is -2.41. The second-order valence-electron chi connectivity index (χ2n) is 10.8. The number of pyridine rings is 2. The number of hydrogen-bond acceptors (Lipinski definition) is 14. The van der Waals surface area contributed by atoms with Crippen LogP contribution in [0.1, 0.15) is 11.4 Å². The van der Waals surface area contributed by atoms with Crippen molar-refractivity contribution in [1.82, 2.24) is 60.7 Å². The third-order valence-corrected chi connectivity index (χ3v) is 7.85. The van der Waals surface area contributed by atoms with Crippen LogP contribution in [-0.4, -0.2) is 77.6 Å². The molecule has 0 atom stereocenters. The predicted molar refractivity (Wildman–Crippen MR) is 184 cm³/mol. The van der Waals surface area contributed by atoms with Crippen LogP contribution in [0.15, 0.2) is 92.0 Å². The lowest BCUT2D eigenvalue weighted by Gasteiger charge is -2.31. The Morgan fingerprint density at radius 1 is 0.673 bits per heavy atom. The molecule has 0 bridgehead atoms. The Balaban J connectivity index is 1.34. The van der Waals surface area contributed by atoms with Gasteiger partial charge in [-0.2, -0.15) is 9.97 Å². The Hall–Kier alpha value is -6.11. The third kappa shape index (κ3) is 7.56. The Labute approximate surface area is 280 Å². The Bertz CT molecular complexity index is 2280. The minimum atomic E-state index is -3.62. The van der Waals surface area contributed by atoms with Gasteiger partial charge >= 0.3 is 0 Å². The highest BCUT2D eigenvalue weighted by molar-refractivity contribution is 7.92. The quantitative estimate of drug-likeness (QED) is 0.105. The average molecular weight is 678 g/mol. The molecule has 0 aliphatic carbocycles. The number of hydrazine groups is 2. The molecule has 248 valence electrons. The minimum Gasteiger partial charge on any atom is -0.342 e. The van der Waals surface area contributed by atoms with Crippen LogP contribution in [0, 0.1) is 0 Å². The molecule has 0 amide bonds. The average Bonchev–Trinajstić information content (AvgIpc) is 3.78. The van der Waals surface area contributed by atoms with E-state index in [2.05, 4.69) is 55.4 Å². The molecule has 0 unspecified atom stereocenters. The topological polar surface area (TPSA) is 211 Å². The molecule has 0 aliphatic heterocycles. The van der Waals surface area contributed by atoms with Crippen molar-refractivity contribution in [2.45, 2.75) is 12.8 Å². The van der Waals surface area contributed by atoms with Gasteiger partial charge in [0.15, 0.2) is 11.3 Å². The third-order valence-electron chi connectivity index (χ3n) is 7.24. The fourth-order valence-electron chi connectivity index (χ4n) is 5.05. The number of hydrogen-bond donors (Lipinski definition) is 5. The van der Waals surface area contributed by atoms with Crippen molar-refractivity contribution in [3.05, 3.63) is 103 Å². The summed E-state index contributed by atoms with van der Waals surface area (Å²) < 4.78 is 27.3. The van der Waals surface area contributed by atoms with Gasteiger partial charge in [-0.05, 0) is 42.5 Å². The van der Waals surface area contributed by atoms with E-state index in [0.29, 0.717) is 71.3 Å². The first-order chi connectivity index (χ1) is 23.9. The second-order valence-corrected chi connectivity index (χ2v) is 12.6. The molecule has 0 radical (unpaired) electrons. The van der Waals surface area contributed by atoms with Gasteiger partial charge in [-0.1, -0.05) is 12.1 Å². The largest absolute Gasteiger partial charge is 0.342 e. The number of anilines is 5. The van der Waals surface area contributed by atoms with Gasteiger partial charge in [0.1, 0.15) is 11.0 Å². The summed E-state index contributed by atoms with van der Waals surface area (Å²) in [4.78, 5) is 42.3. The zero-order valence-electron chi connectivity index (χ0n) is 26.2. The molecule has 17 nitrogen and oxygen atoms in total. The van der Waals surface area contributed by atoms with Crippen molar-refractivity contribution in [1.29, 1.82) is 0 Å². The number of H-pyrrole nitrogens is 2. The van der Waals surface area contributed by atoms with Crippen LogP contribution in [0.25, 0.3) is 22.3 Å². The van der Waals surface area contributed by atoms with E-state index >= 15 is 0 Å². The SMILES string of the molecule is CS(=O)(=O)Nc1ccc(N(NCCc2ccccn2)c2ncc3[nH]cnc3n2)c(N(NCCc2ccccn2)c2ncc3[nH]cnc3n2)c1. The lowest BCUT2D eigenvalue weighted by molar-refractivity contribution is 0.607. The van der Waals surface area contributed by atoms with Gasteiger partial charge in [-0.15, -0.1) is 0 Å². The van der Waals surface area contributed by atoms with Gasteiger partial charge in [0.2, 0.25) is 21.9 Å². The molecular formula is C31H31N15O2S. The van der Waals surface area contributed by atoms with Crippen LogP contribution < -0.4 is 25.6 Å². The molecule has 5 N–H and O–H groups in total.